The van der Waals surface area contributed by atoms with E-state index in [0.29, 0.717) is 12.0 Å². The molecule has 1 unspecified atom stereocenters. The second kappa shape index (κ2) is 12.6. The zero-order chi connectivity index (χ0) is 17.3. The Bertz CT molecular complexity index is 360. The van der Waals surface area contributed by atoms with E-state index in [1.165, 1.54) is 0 Å². The van der Waals surface area contributed by atoms with E-state index >= 15 is 0 Å². The number of nitrogens with zero attached hydrogens (tertiary/aromatic N) is 2. The summed E-state index contributed by atoms with van der Waals surface area (Å²) in [4.78, 5) is 7.30. The van der Waals surface area contributed by atoms with Crippen molar-refractivity contribution in [2.45, 2.75) is 45.4 Å². The van der Waals surface area contributed by atoms with Crippen LogP contribution < -0.4 is 10.6 Å². The van der Waals surface area contributed by atoms with Gasteiger partial charge in [0.1, 0.15) is 0 Å². The second-order valence-electron chi connectivity index (χ2n) is 7.00. The zero-order valence-corrected chi connectivity index (χ0v) is 19.4. The molecule has 144 valence electrons. The first-order chi connectivity index (χ1) is 10.9. The molecule has 1 fully saturated rings. The fourth-order valence-electron chi connectivity index (χ4n) is 2.57. The average molecular weight is 472 g/mol. The molecule has 1 aliphatic rings. The van der Waals surface area contributed by atoms with Crippen molar-refractivity contribution in [3.63, 3.8) is 0 Å². The minimum atomic E-state index is 0. The molecule has 0 amide bonds. The SMILES string of the molecule is CCNC(=NCC(C)(C)SC)NCC(C(C)C)N1CCOCC1.I. The van der Waals surface area contributed by atoms with Crippen LogP contribution in [0.1, 0.15) is 34.6 Å². The minimum Gasteiger partial charge on any atom is -0.379 e. The summed E-state index contributed by atoms with van der Waals surface area (Å²) in [6.07, 6.45) is 2.14. The van der Waals surface area contributed by atoms with Crippen LogP contribution in [0.25, 0.3) is 0 Å². The number of hydrogen-bond acceptors (Lipinski definition) is 4. The lowest BCUT2D eigenvalue weighted by Crippen LogP contribution is -2.52. The van der Waals surface area contributed by atoms with Crippen molar-refractivity contribution in [3.05, 3.63) is 0 Å². The van der Waals surface area contributed by atoms with Crippen LogP contribution in [-0.2, 0) is 4.74 Å². The van der Waals surface area contributed by atoms with Gasteiger partial charge in [-0.25, -0.2) is 0 Å². The Kier molecular flexibility index (Phi) is 12.7. The van der Waals surface area contributed by atoms with Gasteiger partial charge in [-0.1, -0.05) is 13.8 Å². The number of rotatable bonds is 8. The Morgan fingerprint density at radius 1 is 1.25 bits per heavy atom. The molecule has 24 heavy (non-hydrogen) atoms. The average Bonchev–Trinajstić information content (AvgIpc) is 2.53. The number of thioether (sulfide) groups is 1. The van der Waals surface area contributed by atoms with Gasteiger partial charge in [0, 0.05) is 37.0 Å². The predicted molar refractivity (Wildman–Crippen MR) is 118 cm³/mol. The molecule has 0 aromatic heterocycles. The number of halogens is 1. The van der Waals surface area contributed by atoms with E-state index in [9.17, 15) is 0 Å². The number of guanidine groups is 1. The van der Waals surface area contributed by atoms with Crippen LogP contribution in [-0.4, -0.2) is 73.8 Å². The standard InChI is InChI=1S/C17H36N4OS.HI/c1-7-18-16(20-13-17(4,5)23-6)19-12-15(14(2)3)21-8-10-22-11-9-21;/h14-15H,7-13H2,1-6H3,(H2,18,19,20);1H. The Labute approximate surface area is 170 Å². The van der Waals surface area contributed by atoms with E-state index in [1.807, 2.05) is 11.8 Å². The molecule has 2 N–H and O–H groups in total. The van der Waals surface area contributed by atoms with Gasteiger partial charge in [0.25, 0.3) is 0 Å². The van der Waals surface area contributed by atoms with E-state index in [-0.39, 0.29) is 28.7 Å². The van der Waals surface area contributed by atoms with E-state index < -0.39 is 0 Å². The van der Waals surface area contributed by atoms with Crippen molar-refractivity contribution >= 4 is 41.7 Å². The number of hydrogen-bond donors (Lipinski definition) is 2. The Morgan fingerprint density at radius 3 is 2.38 bits per heavy atom. The van der Waals surface area contributed by atoms with Crippen LogP contribution in [0.15, 0.2) is 4.99 Å². The summed E-state index contributed by atoms with van der Waals surface area (Å²) in [5.41, 5.74) is 0. The van der Waals surface area contributed by atoms with Gasteiger partial charge in [0.05, 0.1) is 19.8 Å². The van der Waals surface area contributed by atoms with Crippen LogP contribution in [0.5, 0.6) is 0 Å². The largest absolute Gasteiger partial charge is 0.379 e. The summed E-state index contributed by atoms with van der Waals surface area (Å²) in [5, 5.41) is 6.91. The quantitative estimate of drug-likeness (QED) is 0.323. The summed E-state index contributed by atoms with van der Waals surface area (Å²) in [7, 11) is 0. The lowest BCUT2D eigenvalue weighted by atomic mass is 10.0. The van der Waals surface area contributed by atoms with Crippen molar-refractivity contribution < 1.29 is 4.74 Å². The molecular formula is C17H37IN4OS. The molecule has 0 saturated carbocycles. The molecule has 5 nitrogen and oxygen atoms in total. The highest BCUT2D eigenvalue weighted by molar-refractivity contribution is 14.0. The zero-order valence-electron chi connectivity index (χ0n) is 16.2. The molecule has 0 aromatic rings. The van der Waals surface area contributed by atoms with E-state index in [2.05, 4.69) is 56.4 Å². The Hall–Kier alpha value is 0.270. The number of ether oxygens (including phenoxy) is 1. The highest BCUT2D eigenvalue weighted by Gasteiger charge is 2.24. The second-order valence-corrected chi connectivity index (χ2v) is 8.51. The Morgan fingerprint density at radius 2 is 1.88 bits per heavy atom. The van der Waals surface area contributed by atoms with Crippen LogP contribution in [0.4, 0.5) is 0 Å². The monoisotopic (exact) mass is 472 g/mol. The van der Waals surface area contributed by atoms with Crippen molar-refractivity contribution in [1.29, 1.82) is 0 Å². The topological polar surface area (TPSA) is 48.9 Å². The third-order valence-electron chi connectivity index (χ3n) is 4.28. The molecule has 0 aromatic carbocycles. The van der Waals surface area contributed by atoms with Crippen LogP contribution in [0.2, 0.25) is 0 Å². The van der Waals surface area contributed by atoms with E-state index in [4.69, 9.17) is 9.73 Å². The lowest BCUT2D eigenvalue weighted by molar-refractivity contribution is 0.00752. The van der Waals surface area contributed by atoms with Gasteiger partial charge in [-0.3, -0.25) is 9.89 Å². The molecule has 0 bridgehead atoms. The molecule has 7 heteroatoms. The minimum absolute atomic E-state index is 0. The summed E-state index contributed by atoms with van der Waals surface area (Å²) in [6, 6.07) is 0.510. The first kappa shape index (κ1) is 24.3. The molecule has 1 atom stereocenters. The fraction of sp³-hybridized carbons (Fsp3) is 0.941. The summed E-state index contributed by atoms with van der Waals surface area (Å²) >= 11 is 1.85. The highest BCUT2D eigenvalue weighted by Crippen LogP contribution is 2.21. The van der Waals surface area contributed by atoms with Crippen molar-refractivity contribution in [3.8, 4) is 0 Å². The van der Waals surface area contributed by atoms with Gasteiger partial charge in [-0.15, -0.1) is 24.0 Å². The lowest BCUT2D eigenvalue weighted by Gasteiger charge is -2.37. The maximum Gasteiger partial charge on any atom is 0.191 e. The summed E-state index contributed by atoms with van der Waals surface area (Å²) in [5.74, 6) is 1.53. The smallest absolute Gasteiger partial charge is 0.191 e. The molecule has 1 rings (SSSR count). The van der Waals surface area contributed by atoms with Crippen molar-refractivity contribution in [2.24, 2.45) is 10.9 Å². The van der Waals surface area contributed by atoms with E-state index in [0.717, 1.165) is 51.9 Å². The van der Waals surface area contributed by atoms with Gasteiger partial charge in [0.15, 0.2) is 5.96 Å². The fourth-order valence-corrected chi connectivity index (χ4v) is 2.77. The van der Waals surface area contributed by atoms with Crippen molar-refractivity contribution in [1.82, 2.24) is 15.5 Å². The van der Waals surface area contributed by atoms with Crippen LogP contribution in [0, 0.1) is 5.92 Å². The molecule has 1 saturated heterocycles. The van der Waals surface area contributed by atoms with Crippen LogP contribution in [0.3, 0.4) is 0 Å². The van der Waals surface area contributed by atoms with E-state index in [1.54, 1.807) is 0 Å². The molecule has 1 aliphatic heterocycles. The maximum atomic E-state index is 5.48. The first-order valence-corrected chi connectivity index (χ1v) is 10.0. The maximum absolute atomic E-state index is 5.48. The predicted octanol–water partition coefficient (Wildman–Crippen LogP) is 2.66. The van der Waals surface area contributed by atoms with Gasteiger partial charge < -0.3 is 15.4 Å². The molecule has 0 spiro atoms. The normalized spacial score (nSPS) is 18.2. The molecule has 0 radical (unpaired) electrons. The Balaban J connectivity index is 0.00000529. The van der Waals surface area contributed by atoms with Gasteiger partial charge in [-0.2, -0.15) is 11.8 Å². The van der Waals surface area contributed by atoms with Crippen LogP contribution >= 0.6 is 35.7 Å². The highest BCUT2D eigenvalue weighted by atomic mass is 127. The number of morpholine rings is 1. The van der Waals surface area contributed by atoms with Gasteiger partial charge in [-0.05, 0) is 32.9 Å². The number of nitrogens with one attached hydrogen (secondary N) is 2. The van der Waals surface area contributed by atoms with Crippen molar-refractivity contribution in [2.75, 3.05) is 52.2 Å². The molecular weight excluding hydrogens is 435 g/mol. The number of aliphatic imine (C=N–C) groups is 1. The summed E-state index contributed by atoms with van der Waals surface area (Å²) in [6.45, 7) is 17.5. The summed E-state index contributed by atoms with van der Waals surface area (Å²) < 4.78 is 5.65. The molecule has 1 heterocycles. The first-order valence-electron chi connectivity index (χ1n) is 8.78. The third-order valence-corrected chi connectivity index (χ3v) is 5.51. The van der Waals surface area contributed by atoms with Gasteiger partial charge in [0.2, 0.25) is 0 Å². The van der Waals surface area contributed by atoms with Gasteiger partial charge >= 0.3 is 0 Å². The third kappa shape index (κ3) is 9.10. The molecule has 0 aliphatic carbocycles.